The third kappa shape index (κ3) is 2.86. The van der Waals surface area contributed by atoms with Crippen molar-refractivity contribution in [2.75, 3.05) is 0 Å². The fourth-order valence-electron chi connectivity index (χ4n) is 1.70. The minimum atomic E-state index is -4.70. The van der Waals surface area contributed by atoms with Crippen molar-refractivity contribution in [3.8, 4) is 5.69 Å². The van der Waals surface area contributed by atoms with Gasteiger partial charge < -0.3 is 11.5 Å². The Labute approximate surface area is 116 Å². The smallest absolute Gasteiger partial charge is 0.384 e. The van der Waals surface area contributed by atoms with Crippen LogP contribution in [0.4, 0.5) is 13.2 Å². The number of alkyl halides is 3. The molecule has 2 aromatic rings. The maximum absolute atomic E-state index is 12.7. The Morgan fingerprint density at radius 2 is 1.90 bits per heavy atom. The molecule has 0 aliphatic rings. The predicted octanol–water partition coefficient (Wildman–Crippen LogP) is 1.27. The number of carbonyl (C=O) groups excluding carboxylic acids is 1. The second kappa shape index (κ2) is 4.93. The van der Waals surface area contributed by atoms with Crippen molar-refractivity contribution in [1.29, 1.82) is 5.41 Å². The van der Waals surface area contributed by atoms with Crippen molar-refractivity contribution < 1.29 is 18.0 Å². The molecule has 0 aliphatic heterocycles. The summed E-state index contributed by atoms with van der Waals surface area (Å²) in [7, 11) is 0. The number of nitrogens with one attached hydrogen (secondary N) is 1. The van der Waals surface area contributed by atoms with Gasteiger partial charge in [0.2, 0.25) is 0 Å². The second-order valence-electron chi connectivity index (χ2n) is 4.15. The zero-order valence-electron chi connectivity index (χ0n) is 10.5. The minimum absolute atomic E-state index is 0.145. The summed E-state index contributed by atoms with van der Waals surface area (Å²) in [6.07, 6.45) is -4.70. The molecular formula is C12H10F3N5O. The molecule has 5 N–H and O–H groups in total. The Hall–Kier alpha value is -2.84. The van der Waals surface area contributed by atoms with E-state index in [0.29, 0.717) is 6.07 Å². The lowest BCUT2D eigenvalue weighted by molar-refractivity contribution is -0.141. The van der Waals surface area contributed by atoms with Gasteiger partial charge in [0.15, 0.2) is 5.69 Å². The zero-order chi connectivity index (χ0) is 15.8. The number of primary amides is 1. The third-order valence-electron chi connectivity index (χ3n) is 2.65. The maximum Gasteiger partial charge on any atom is 0.435 e. The molecule has 21 heavy (non-hydrogen) atoms. The molecule has 2 rings (SSSR count). The van der Waals surface area contributed by atoms with Gasteiger partial charge in [0.05, 0.1) is 5.69 Å². The molecule has 0 spiro atoms. The molecule has 1 heterocycles. The second-order valence-corrected chi connectivity index (χ2v) is 4.15. The van der Waals surface area contributed by atoms with Gasteiger partial charge in [-0.05, 0) is 12.1 Å². The molecule has 0 saturated carbocycles. The molecule has 0 unspecified atom stereocenters. The molecule has 0 fully saturated rings. The summed E-state index contributed by atoms with van der Waals surface area (Å²) in [5, 5.41) is 10.7. The highest BCUT2D eigenvalue weighted by Gasteiger charge is 2.35. The van der Waals surface area contributed by atoms with E-state index >= 15 is 0 Å². The van der Waals surface area contributed by atoms with Gasteiger partial charge >= 0.3 is 6.18 Å². The van der Waals surface area contributed by atoms with Crippen molar-refractivity contribution in [3.05, 3.63) is 47.3 Å². The zero-order valence-corrected chi connectivity index (χ0v) is 10.5. The van der Waals surface area contributed by atoms with Crippen LogP contribution in [0.3, 0.4) is 0 Å². The first-order valence-corrected chi connectivity index (χ1v) is 5.62. The van der Waals surface area contributed by atoms with Gasteiger partial charge in [0.25, 0.3) is 5.91 Å². The largest absolute Gasteiger partial charge is 0.435 e. The summed E-state index contributed by atoms with van der Waals surface area (Å²) < 4.78 is 38.8. The molecule has 9 heteroatoms. The molecule has 110 valence electrons. The van der Waals surface area contributed by atoms with Crippen molar-refractivity contribution >= 4 is 11.7 Å². The molecule has 0 aliphatic carbocycles. The van der Waals surface area contributed by atoms with Crippen molar-refractivity contribution in [1.82, 2.24) is 9.78 Å². The number of nitrogens with two attached hydrogens (primary N) is 2. The van der Waals surface area contributed by atoms with E-state index in [0.717, 1.165) is 4.68 Å². The van der Waals surface area contributed by atoms with E-state index < -0.39 is 23.5 Å². The van der Waals surface area contributed by atoms with Gasteiger partial charge in [-0.3, -0.25) is 10.2 Å². The lowest BCUT2D eigenvalue weighted by atomic mass is 10.2. The van der Waals surface area contributed by atoms with Crippen molar-refractivity contribution in [2.24, 2.45) is 11.5 Å². The van der Waals surface area contributed by atoms with Crippen LogP contribution in [-0.2, 0) is 6.18 Å². The number of rotatable bonds is 3. The van der Waals surface area contributed by atoms with Gasteiger partial charge in [-0.15, -0.1) is 0 Å². The molecular weight excluding hydrogens is 287 g/mol. The van der Waals surface area contributed by atoms with Crippen LogP contribution in [0.15, 0.2) is 30.3 Å². The van der Waals surface area contributed by atoms with Crippen molar-refractivity contribution in [3.63, 3.8) is 0 Å². The number of hydrogen-bond acceptors (Lipinski definition) is 3. The Kier molecular flexibility index (Phi) is 3.42. The standard InChI is InChI=1S/C12H10F3N5O/c13-12(14,15)9-5-8(11(18)21)20(19-9)7-3-1-2-6(4-7)10(16)17/h1-5H,(H3,16,17)(H2,18,21). The lowest BCUT2D eigenvalue weighted by Crippen LogP contribution is -2.17. The van der Waals surface area contributed by atoms with E-state index in [1.54, 1.807) is 0 Å². The maximum atomic E-state index is 12.7. The molecule has 0 saturated heterocycles. The number of hydrogen-bond donors (Lipinski definition) is 3. The van der Waals surface area contributed by atoms with E-state index in [4.69, 9.17) is 16.9 Å². The molecule has 1 aromatic carbocycles. The number of amidine groups is 1. The van der Waals surface area contributed by atoms with Gasteiger partial charge in [0.1, 0.15) is 11.5 Å². The average molecular weight is 297 g/mol. The summed E-state index contributed by atoms with van der Waals surface area (Å²) >= 11 is 0. The number of carbonyl (C=O) groups is 1. The minimum Gasteiger partial charge on any atom is -0.384 e. The molecule has 1 amide bonds. The molecule has 1 aromatic heterocycles. The normalized spacial score (nSPS) is 11.4. The van der Waals surface area contributed by atoms with Gasteiger partial charge in [-0.1, -0.05) is 12.1 Å². The first kappa shape index (κ1) is 14.6. The van der Waals surface area contributed by atoms with E-state index in [1.807, 2.05) is 0 Å². The molecule has 6 nitrogen and oxygen atoms in total. The predicted molar refractivity (Wildman–Crippen MR) is 68.1 cm³/mol. The van der Waals surface area contributed by atoms with Crippen LogP contribution in [0.1, 0.15) is 21.7 Å². The number of amides is 1. The van der Waals surface area contributed by atoms with Crippen LogP contribution < -0.4 is 11.5 Å². The number of benzene rings is 1. The quantitative estimate of drug-likeness (QED) is 0.586. The highest BCUT2D eigenvalue weighted by molar-refractivity contribution is 5.95. The van der Waals surface area contributed by atoms with E-state index in [9.17, 15) is 18.0 Å². The lowest BCUT2D eigenvalue weighted by Gasteiger charge is -2.07. The van der Waals surface area contributed by atoms with E-state index in [-0.39, 0.29) is 17.1 Å². The summed E-state index contributed by atoms with van der Waals surface area (Å²) in [4.78, 5) is 11.3. The fraction of sp³-hybridized carbons (Fsp3) is 0.0833. The topological polar surface area (TPSA) is 111 Å². The monoisotopic (exact) mass is 297 g/mol. The number of nitrogens with zero attached hydrogens (tertiary/aromatic N) is 2. The molecule has 0 bridgehead atoms. The van der Waals surface area contributed by atoms with Crippen LogP contribution in [0, 0.1) is 5.41 Å². The van der Waals surface area contributed by atoms with Crippen LogP contribution >= 0.6 is 0 Å². The van der Waals surface area contributed by atoms with Gasteiger partial charge in [0, 0.05) is 11.6 Å². The van der Waals surface area contributed by atoms with E-state index in [2.05, 4.69) is 5.10 Å². The van der Waals surface area contributed by atoms with Crippen molar-refractivity contribution in [2.45, 2.75) is 6.18 Å². The van der Waals surface area contributed by atoms with Gasteiger partial charge in [-0.25, -0.2) is 4.68 Å². The Morgan fingerprint density at radius 3 is 2.43 bits per heavy atom. The summed E-state index contributed by atoms with van der Waals surface area (Å²) in [5.41, 5.74) is 9.17. The number of halogens is 3. The SMILES string of the molecule is N=C(N)c1cccc(-n2nc(C(F)(F)F)cc2C(N)=O)c1. The Balaban J connectivity index is 2.62. The van der Waals surface area contributed by atoms with Gasteiger partial charge in [-0.2, -0.15) is 18.3 Å². The van der Waals surface area contributed by atoms with E-state index in [1.165, 1.54) is 24.3 Å². The first-order chi connectivity index (χ1) is 9.70. The highest BCUT2D eigenvalue weighted by Crippen LogP contribution is 2.29. The number of nitrogen functional groups attached to an aromatic ring is 1. The summed E-state index contributed by atoms with van der Waals surface area (Å²) in [6, 6.07) is 6.31. The highest BCUT2D eigenvalue weighted by atomic mass is 19.4. The van der Waals surface area contributed by atoms with Crippen LogP contribution in [0.5, 0.6) is 0 Å². The summed E-state index contributed by atoms with van der Waals surface area (Å²) in [6.45, 7) is 0. The Bertz CT molecular complexity index is 720. The fourth-order valence-corrected chi connectivity index (χ4v) is 1.70. The Morgan fingerprint density at radius 1 is 1.24 bits per heavy atom. The summed E-state index contributed by atoms with van der Waals surface area (Å²) in [5.74, 6) is -1.31. The average Bonchev–Trinajstić information content (AvgIpc) is 2.84. The van der Waals surface area contributed by atoms with Crippen LogP contribution in [-0.4, -0.2) is 21.5 Å². The van der Waals surface area contributed by atoms with Crippen LogP contribution in [0.25, 0.3) is 5.69 Å². The first-order valence-electron chi connectivity index (χ1n) is 5.62. The molecule has 0 radical (unpaired) electrons. The molecule has 0 atom stereocenters. The van der Waals surface area contributed by atoms with Crippen LogP contribution in [0.2, 0.25) is 0 Å². The number of aromatic nitrogens is 2. The third-order valence-corrected chi connectivity index (χ3v) is 2.65.